The molecule has 112 valence electrons. The van der Waals surface area contributed by atoms with Gasteiger partial charge in [-0.3, -0.25) is 4.79 Å². The van der Waals surface area contributed by atoms with E-state index in [1.807, 2.05) is 0 Å². The van der Waals surface area contributed by atoms with Gasteiger partial charge in [0.25, 0.3) is 0 Å². The molecule has 2 aliphatic carbocycles. The van der Waals surface area contributed by atoms with Crippen molar-refractivity contribution in [3.05, 3.63) is 11.6 Å². The Morgan fingerprint density at radius 3 is 2.60 bits per heavy atom. The predicted octanol–water partition coefficient (Wildman–Crippen LogP) is 3.53. The van der Waals surface area contributed by atoms with Crippen LogP contribution in [-0.4, -0.2) is 18.4 Å². The van der Waals surface area contributed by atoms with Crippen molar-refractivity contribution in [3.8, 4) is 0 Å². The standard InChI is InChI=1S/C17H26O3/c1-6-20-15(19)9-13-12(3)16(4)8-7-11(2)17(16,5)10-14(13)18/h9,11-12H,6-8,10H2,1-5H3/b13-9-/t11-,12-,16+,17+/m1/s1. The maximum absolute atomic E-state index is 12.5. The SMILES string of the molecule is CCOC(=O)/C=C1\C(=O)C[C@@]2(C)[C@H](C)CC[C@@]2(C)[C@@H]1C. The van der Waals surface area contributed by atoms with Crippen LogP contribution in [0.15, 0.2) is 11.6 Å². The molecule has 3 nitrogen and oxygen atoms in total. The Kier molecular flexibility index (Phi) is 3.83. The summed E-state index contributed by atoms with van der Waals surface area (Å²) in [4.78, 5) is 24.2. The summed E-state index contributed by atoms with van der Waals surface area (Å²) < 4.78 is 4.96. The number of hydrogen-bond donors (Lipinski definition) is 0. The summed E-state index contributed by atoms with van der Waals surface area (Å²) in [6.45, 7) is 11.0. The number of ether oxygens (including phenoxy) is 1. The first-order valence-corrected chi connectivity index (χ1v) is 7.68. The highest BCUT2D eigenvalue weighted by Crippen LogP contribution is 2.65. The molecule has 20 heavy (non-hydrogen) atoms. The molecule has 0 unspecified atom stereocenters. The van der Waals surface area contributed by atoms with Crippen LogP contribution in [0, 0.1) is 22.7 Å². The third kappa shape index (κ3) is 2.02. The number of esters is 1. The van der Waals surface area contributed by atoms with E-state index in [-0.39, 0.29) is 28.5 Å². The minimum Gasteiger partial charge on any atom is -0.463 e. The van der Waals surface area contributed by atoms with E-state index in [0.29, 0.717) is 24.5 Å². The van der Waals surface area contributed by atoms with E-state index in [0.717, 1.165) is 12.8 Å². The number of rotatable bonds is 2. The summed E-state index contributed by atoms with van der Waals surface area (Å²) in [6, 6.07) is 0. The van der Waals surface area contributed by atoms with E-state index in [1.54, 1.807) is 6.92 Å². The Morgan fingerprint density at radius 2 is 2.00 bits per heavy atom. The Balaban J connectivity index is 2.37. The fourth-order valence-corrected chi connectivity index (χ4v) is 4.31. The molecule has 0 saturated heterocycles. The van der Waals surface area contributed by atoms with Crippen LogP contribution < -0.4 is 0 Å². The van der Waals surface area contributed by atoms with Gasteiger partial charge in [0.2, 0.25) is 0 Å². The van der Waals surface area contributed by atoms with Gasteiger partial charge in [-0.2, -0.15) is 0 Å². The molecule has 0 amide bonds. The van der Waals surface area contributed by atoms with Crippen molar-refractivity contribution < 1.29 is 14.3 Å². The molecule has 0 heterocycles. The van der Waals surface area contributed by atoms with Crippen LogP contribution in [0.3, 0.4) is 0 Å². The zero-order chi connectivity index (χ0) is 15.1. The van der Waals surface area contributed by atoms with Crippen LogP contribution in [0.1, 0.15) is 53.9 Å². The molecule has 3 heteroatoms. The van der Waals surface area contributed by atoms with E-state index in [9.17, 15) is 9.59 Å². The molecular formula is C17H26O3. The highest BCUT2D eigenvalue weighted by atomic mass is 16.5. The maximum Gasteiger partial charge on any atom is 0.331 e. The number of ketones is 1. The van der Waals surface area contributed by atoms with Gasteiger partial charge in [0.15, 0.2) is 5.78 Å². The molecular weight excluding hydrogens is 252 g/mol. The molecule has 2 rings (SSSR count). The van der Waals surface area contributed by atoms with Crippen LogP contribution in [-0.2, 0) is 14.3 Å². The van der Waals surface area contributed by atoms with E-state index >= 15 is 0 Å². The Bertz CT molecular complexity index is 465. The van der Waals surface area contributed by atoms with Crippen molar-refractivity contribution in [3.63, 3.8) is 0 Å². The number of fused-ring (bicyclic) bond motifs is 1. The predicted molar refractivity (Wildman–Crippen MR) is 78.1 cm³/mol. The highest BCUT2D eigenvalue weighted by Gasteiger charge is 2.59. The van der Waals surface area contributed by atoms with Crippen LogP contribution in [0.5, 0.6) is 0 Å². The summed E-state index contributed by atoms with van der Waals surface area (Å²) in [5.41, 5.74) is 0.811. The van der Waals surface area contributed by atoms with Gasteiger partial charge in [-0.25, -0.2) is 4.79 Å². The largest absolute Gasteiger partial charge is 0.463 e. The molecule has 0 radical (unpaired) electrons. The van der Waals surface area contributed by atoms with E-state index in [1.165, 1.54) is 6.08 Å². The number of carbonyl (C=O) groups excluding carboxylic acids is 2. The monoisotopic (exact) mass is 278 g/mol. The number of Topliss-reactive ketones (excluding diaryl/α,β-unsaturated/α-hetero) is 1. The van der Waals surface area contributed by atoms with Crippen LogP contribution in [0.2, 0.25) is 0 Å². The van der Waals surface area contributed by atoms with Gasteiger partial charge in [-0.05, 0) is 42.4 Å². The van der Waals surface area contributed by atoms with Crippen LogP contribution >= 0.6 is 0 Å². The van der Waals surface area contributed by atoms with Crippen molar-refractivity contribution in [1.29, 1.82) is 0 Å². The molecule has 4 atom stereocenters. The molecule has 0 aromatic carbocycles. The van der Waals surface area contributed by atoms with Crippen LogP contribution in [0.4, 0.5) is 0 Å². The average molecular weight is 278 g/mol. The second kappa shape index (κ2) is 5.01. The van der Waals surface area contributed by atoms with Crippen LogP contribution in [0.25, 0.3) is 0 Å². The summed E-state index contributed by atoms with van der Waals surface area (Å²) in [7, 11) is 0. The van der Waals surface area contributed by atoms with Gasteiger partial charge in [0.1, 0.15) is 0 Å². The molecule has 0 bridgehead atoms. The fraction of sp³-hybridized carbons (Fsp3) is 0.765. The van der Waals surface area contributed by atoms with Crippen molar-refractivity contribution in [2.24, 2.45) is 22.7 Å². The van der Waals surface area contributed by atoms with E-state index in [4.69, 9.17) is 4.74 Å². The molecule has 0 aromatic rings. The van der Waals surface area contributed by atoms with Gasteiger partial charge < -0.3 is 4.74 Å². The van der Waals surface area contributed by atoms with Crippen molar-refractivity contribution in [1.82, 2.24) is 0 Å². The first-order valence-electron chi connectivity index (χ1n) is 7.68. The fourth-order valence-electron chi connectivity index (χ4n) is 4.31. The number of allylic oxidation sites excluding steroid dienone is 1. The van der Waals surface area contributed by atoms with Gasteiger partial charge in [-0.1, -0.05) is 27.7 Å². The maximum atomic E-state index is 12.5. The molecule has 2 fully saturated rings. The average Bonchev–Trinajstić information content (AvgIpc) is 2.60. The topological polar surface area (TPSA) is 43.4 Å². The minimum absolute atomic E-state index is 0.0511. The Hall–Kier alpha value is -1.12. The smallest absolute Gasteiger partial charge is 0.331 e. The summed E-state index contributed by atoms with van der Waals surface area (Å²) >= 11 is 0. The van der Waals surface area contributed by atoms with E-state index in [2.05, 4.69) is 27.7 Å². The lowest BCUT2D eigenvalue weighted by Crippen LogP contribution is -2.48. The third-order valence-corrected chi connectivity index (χ3v) is 6.32. The third-order valence-electron chi connectivity index (χ3n) is 6.32. The number of carbonyl (C=O) groups is 2. The molecule has 0 N–H and O–H groups in total. The molecule has 2 aliphatic rings. The molecule has 0 spiro atoms. The first-order chi connectivity index (χ1) is 9.26. The van der Waals surface area contributed by atoms with Gasteiger partial charge in [0.05, 0.1) is 6.61 Å². The molecule has 0 aromatic heterocycles. The first kappa shape index (κ1) is 15.3. The zero-order valence-electron chi connectivity index (χ0n) is 13.3. The Morgan fingerprint density at radius 1 is 1.35 bits per heavy atom. The zero-order valence-corrected chi connectivity index (χ0v) is 13.3. The number of hydrogen-bond acceptors (Lipinski definition) is 3. The minimum atomic E-state index is -0.388. The quantitative estimate of drug-likeness (QED) is 0.573. The summed E-state index contributed by atoms with van der Waals surface area (Å²) in [5, 5.41) is 0. The molecule has 0 aliphatic heterocycles. The van der Waals surface area contributed by atoms with Crippen molar-refractivity contribution in [2.75, 3.05) is 6.61 Å². The second-order valence-electron chi connectivity index (χ2n) is 6.95. The lowest BCUT2D eigenvalue weighted by Gasteiger charge is -2.51. The van der Waals surface area contributed by atoms with E-state index < -0.39 is 0 Å². The van der Waals surface area contributed by atoms with Gasteiger partial charge in [-0.15, -0.1) is 0 Å². The van der Waals surface area contributed by atoms with Crippen molar-refractivity contribution >= 4 is 11.8 Å². The van der Waals surface area contributed by atoms with Gasteiger partial charge >= 0.3 is 5.97 Å². The highest BCUT2D eigenvalue weighted by molar-refractivity contribution is 6.02. The lowest BCUT2D eigenvalue weighted by atomic mass is 9.52. The van der Waals surface area contributed by atoms with Gasteiger partial charge in [0, 0.05) is 18.1 Å². The second-order valence-corrected chi connectivity index (χ2v) is 6.95. The summed E-state index contributed by atoms with van der Waals surface area (Å²) in [5.74, 6) is 0.409. The molecule has 2 saturated carbocycles. The Labute approximate surface area is 121 Å². The lowest BCUT2D eigenvalue weighted by molar-refractivity contribution is -0.138. The normalized spacial score (nSPS) is 42.6. The summed E-state index contributed by atoms with van der Waals surface area (Å²) in [6.07, 6.45) is 4.28. The van der Waals surface area contributed by atoms with Crippen molar-refractivity contribution in [2.45, 2.75) is 53.9 Å².